The molecule has 1 heterocycles. The molecule has 0 saturated heterocycles. The highest BCUT2D eigenvalue weighted by Gasteiger charge is 2.32. The molecule has 0 radical (unpaired) electrons. The third kappa shape index (κ3) is 4.04. The first-order chi connectivity index (χ1) is 10.3. The maximum Gasteiger partial charge on any atom is 0.306 e. The Bertz CT molecular complexity index is 585. The van der Waals surface area contributed by atoms with E-state index in [1.165, 1.54) is 14.2 Å². The zero-order chi connectivity index (χ0) is 16.9. The highest BCUT2D eigenvalue weighted by molar-refractivity contribution is 5.68. The normalized spacial score (nSPS) is 10.0. The number of rotatable bonds is 6. The Labute approximate surface area is 125 Å². The van der Waals surface area contributed by atoms with E-state index in [2.05, 4.69) is 4.98 Å². The molecule has 0 fully saturated rings. The molecule has 22 heavy (non-hydrogen) atoms. The summed E-state index contributed by atoms with van der Waals surface area (Å²) in [5.74, 6) is -1.70. The van der Waals surface area contributed by atoms with E-state index in [1.807, 2.05) is 0 Å². The van der Waals surface area contributed by atoms with Gasteiger partial charge in [-0.2, -0.15) is 4.98 Å². The largest absolute Gasteiger partial charge is 0.491 e. The molecule has 10 nitrogen and oxygen atoms in total. The molecule has 0 aliphatic carbocycles. The number of carbonyl (C=O) groups excluding carboxylic acids is 2. The molecule has 0 bridgehead atoms. The van der Waals surface area contributed by atoms with E-state index >= 15 is 0 Å². The maximum atomic E-state index is 11.2. The molecule has 0 spiro atoms. The summed E-state index contributed by atoms with van der Waals surface area (Å²) in [6.45, 7) is 2.12. The number of nitrogens with zero attached hydrogens (tertiary/aromatic N) is 2. The SMILES string of the molecule is COc1cc([N+](=O)[O-])c(C(OC(C)=O)OC(C)=O)nc1OC. The molecule has 1 rings (SSSR count). The minimum atomic E-state index is -1.67. The van der Waals surface area contributed by atoms with Crippen molar-refractivity contribution in [3.8, 4) is 11.6 Å². The zero-order valence-corrected chi connectivity index (χ0v) is 12.3. The van der Waals surface area contributed by atoms with Crippen LogP contribution in [-0.2, 0) is 19.1 Å². The van der Waals surface area contributed by atoms with Gasteiger partial charge in [0.25, 0.3) is 12.2 Å². The highest BCUT2D eigenvalue weighted by atomic mass is 16.7. The van der Waals surface area contributed by atoms with Crippen LogP contribution in [0.5, 0.6) is 11.6 Å². The number of ether oxygens (including phenoxy) is 4. The van der Waals surface area contributed by atoms with E-state index < -0.39 is 34.5 Å². The van der Waals surface area contributed by atoms with Gasteiger partial charge in [0.05, 0.1) is 25.2 Å². The Morgan fingerprint density at radius 1 is 1.18 bits per heavy atom. The molecular weight excluding hydrogens is 300 g/mol. The highest BCUT2D eigenvalue weighted by Crippen LogP contribution is 2.35. The van der Waals surface area contributed by atoms with Crippen LogP contribution < -0.4 is 9.47 Å². The maximum absolute atomic E-state index is 11.2. The Balaban J connectivity index is 3.46. The van der Waals surface area contributed by atoms with Crippen molar-refractivity contribution in [2.75, 3.05) is 14.2 Å². The van der Waals surface area contributed by atoms with Crippen molar-refractivity contribution in [2.45, 2.75) is 20.1 Å². The van der Waals surface area contributed by atoms with Gasteiger partial charge in [0, 0.05) is 13.8 Å². The van der Waals surface area contributed by atoms with Gasteiger partial charge in [0.1, 0.15) is 0 Å². The fraction of sp³-hybridized carbons (Fsp3) is 0.417. The number of nitro groups is 1. The second-order valence-electron chi connectivity index (χ2n) is 3.91. The van der Waals surface area contributed by atoms with Crippen LogP contribution in [0.4, 0.5) is 5.69 Å². The van der Waals surface area contributed by atoms with Gasteiger partial charge < -0.3 is 18.9 Å². The van der Waals surface area contributed by atoms with Crippen molar-refractivity contribution in [3.63, 3.8) is 0 Å². The van der Waals surface area contributed by atoms with E-state index in [9.17, 15) is 19.7 Å². The van der Waals surface area contributed by atoms with Gasteiger partial charge in [0.2, 0.25) is 5.69 Å². The van der Waals surface area contributed by atoms with E-state index in [1.54, 1.807) is 0 Å². The third-order valence-electron chi connectivity index (χ3n) is 2.34. The summed E-state index contributed by atoms with van der Waals surface area (Å²) in [6, 6.07) is 1.03. The number of methoxy groups -OCH3 is 2. The molecule has 0 unspecified atom stereocenters. The molecular formula is C12H14N2O8. The standard InChI is InChI=1S/C12H14N2O8/c1-6(15)21-12(22-7(2)16)10-8(14(17)18)5-9(19-3)11(13-10)20-4/h5,12H,1-4H3. The molecule has 1 aromatic rings. The molecule has 120 valence electrons. The lowest BCUT2D eigenvalue weighted by Gasteiger charge is -2.17. The van der Waals surface area contributed by atoms with E-state index in [0.717, 1.165) is 19.9 Å². The van der Waals surface area contributed by atoms with Crippen molar-refractivity contribution >= 4 is 17.6 Å². The first-order valence-corrected chi connectivity index (χ1v) is 5.91. The van der Waals surface area contributed by atoms with Crippen LogP contribution in [0.15, 0.2) is 6.07 Å². The average molecular weight is 314 g/mol. The summed E-state index contributed by atoms with van der Waals surface area (Å²) in [7, 11) is 2.55. The molecule has 0 aliphatic rings. The van der Waals surface area contributed by atoms with Gasteiger partial charge in [-0.25, -0.2) is 0 Å². The fourth-order valence-electron chi connectivity index (χ4n) is 1.53. The summed E-state index contributed by atoms with van der Waals surface area (Å²) in [4.78, 5) is 36.4. The molecule has 0 amide bonds. The lowest BCUT2D eigenvalue weighted by atomic mass is 10.2. The van der Waals surface area contributed by atoms with Crippen molar-refractivity contribution in [1.29, 1.82) is 0 Å². The topological polar surface area (TPSA) is 127 Å². The van der Waals surface area contributed by atoms with Crippen LogP contribution in [0.1, 0.15) is 25.8 Å². The van der Waals surface area contributed by atoms with Gasteiger partial charge in [-0.05, 0) is 0 Å². The van der Waals surface area contributed by atoms with E-state index in [4.69, 9.17) is 18.9 Å². The van der Waals surface area contributed by atoms with Crippen LogP contribution in [0.3, 0.4) is 0 Å². The first kappa shape index (κ1) is 17.1. The minimum absolute atomic E-state index is 0.00218. The minimum Gasteiger partial charge on any atom is -0.491 e. The van der Waals surface area contributed by atoms with Crippen molar-refractivity contribution in [3.05, 3.63) is 21.9 Å². The predicted octanol–water partition coefficient (Wildman–Crippen LogP) is 1.13. The van der Waals surface area contributed by atoms with Gasteiger partial charge in [-0.15, -0.1) is 0 Å². The summed E-state index contributed by atoms with van der Waals surface area (Å²) in [5.41, 5.74) is -0.946. The molecule has 1 aromatic heterocycles. The Hall–Kier alpha value is -2.91. The van der Waals surface area contributed by atoms with Crippen LogP contribution >= 0.6 is 0 Å². The lowest BCUT2D eigenvalue weighted by molar-refractivity contribution is -0.387. The summed E-state index contributed by atoms with van der Waals surface area (Å²) in [5, 5.41) is 11.2. The third-order valence-corrected chi connectivity index (χ3v) is 2.34. The second kappa shape index (κ2) is 7.20. The first-order valence-electron chi connectivity index (χ1n) is 5.91. The molecule has 0 aromatic carbocycles. The van der Waals surface area contributed by atoms with E-state index in [-0.39, 0.29) is 11.6 Å². The quantitative estimate of drug-likeness (QED) is 0.328. The van der Waals surface area contributed by atoms with Gasteiger partial charge >= 0.3 is 17.6 Å². The number of pyridine rings is 1. The summed E-state index contributed by atoms with van der Waals surface area (Å²) < 4.78 is 19.4. The van der Waals surface area contributed by atoms with Crippen molar-refractivity contribution in [1.82, 2.24) is 4.98 Å². The fourth-order valence-corrected chi connectivity index (χ4v) is 1.53. The smallest absolute Gasteiger partial charge is 0.306 e. The molecule has 0 saturated carbocycles. The van der Waals surface area contributed by atoms with Gasteiger partial charge in [-0.1, -0.05) is 0 Å². The van der Waals surface area contributed by atoms with Crippen molar-refractivity contribution < 1.29 is 33.5 Å². The van der Waals surface area contributed by atoms with Gasteiger partial charge in [-0.3, -0.25) is 19.7 Å². The van der Waals surface area contributed by atoms with Crippen LogP contribution in [0.2, 0.25) is 0 Å². The van der Waals surface area contributed by atoms with Crippen LogP contribution in [0.25, 0.3) is 0 Å². The van der Waals surface area contributed by atoms with Gasteiger partial charge in [0.15, 0.2) is 5.75 Å². The Morgan fingerprint density at radius 2 is 1.73 bits per heavy atom. The summed E-state index contributed by atoms with van der Waals surface area (Å²) in [6.07, 6.45) is -1.67. The molecule has 10 heteroatoms. The predicted molar refractivity (Wildman–Crippen MR) is 70.3 cm³/mol. The molecule has 0 N–H and O–H groups in total. The number of aromatic nitrogens is 1. The van der Waals surface area contributed by atoms with Crippen LogP contribution in [0, 0.1) is 10.1 Å². The number of hydrogen-bond acceptors (Lipinski definition) is 9. The van der Waals surface area contributed by atoms with Crippen molar-refractivity contribution in [2.24, 2.45) is 0 Å². The zero-order valence-electron chi connectivity index (χ0n) is 12.3. The lowest BCUT2D eigenvalue weighted by Crippen LogP contribution is -2.18. The molecule has 0 aliphatic heterocycles. The Morgan fingerprint density at radius 3 is 2.09 bits per heavy atom. The number of hydrogen-bond donors (Lipinski definition) is 0. The molecule has 0 atom stereocenters. The number of carbonyl (C=O) groups is 2. The average Bonchev–Trinajstić information content (AvgIpc) is 2.43. The second-order valence-corrected chi connectivity index (χ2v) is 3.91. The Kier molecular flexibility index (Phi) is 5.61. The monoisotopic (exact) mass is 314 g/mol. The van der Waals surface area contributed by atoms with E-state index in [0.29, 0.717) is 0 Å². The summed E-state index contributed by atoms with van der Waals surface area (Å²) >= 11 is 0. The van der Waals surface area contributed by atoms with Crippen LogP contribution in [-0.4, -0.2) is 36.1 Å². The number of esters is 2.